The van der Waals surface area contributed by atoms with Crippen molar-refractivity contribution in [2.75, 3.05) is 33.9 Å². The summed E-state index contributed by atoms with van der Waals surface area (Å²) < 4.78 is 16.9. The number of nitrogens with one attached hydrogen (secondary N) is 1. The van der Waals surface area contributed by atoms with E-state index in [9.17, 15) is 0 Å². The molecule has 0 aromatic heterocycles. The van der Waals surface area contributed by atoms with Gasteiger partial charge in [-0.05, 0) is 60.3 Å². The molecule has 6 heteroatoms. The molecule has 1 N–H and O–H groups in total. The van der Waals surface area contributed by atoms with Gasteiger partial charge in [-0.25, -0.2) is 0 Å². The summed E-state index contributed by atoms with van der Waals surface area (Å²) in [5.41, 5.74) is 3.69. The maximum Gasteiger partial charge on any atom is 0.169 e. The molecule has 0 saturated carbocycles. The molecule has 1 fully saturated rings. The molecule has 2 aliphatic rings. The van der Waals surface area contributed by atoms with Gasteiger partial charge in [-0.2, -0.15) is 0 Å². The Bertz CT molecular complexity index is 853. The van der Waals surface area contributed by atoms with Gasteiger partial charge in [-0.1, -0.05) is 30.3 Å². The second kappa shape index (κ2) is 9.01. The van der Waals surface area contributed by atoms with E-state index in [0.717, 1.165) is 55.6 Å². The third-order valence-corrected chi connectivity index (χ3v) is 6.13. The number of benzene rings is 2. The average Bonchev–Trinajstić information content (AvgIpc) is 3.30. The van der Waals surface area contributed by atoms with Crippen LogP contribution in [0.15, 0.2) is 42.5 Å². The smallest absolute Gasteiger partial charge is 0.169 e. The van der Waals surface area contributed by atoms with Gasteiger partial charge in [0.25, 0.3) is 0 Å². The van der Waals surface area contributed by atoms with E-state index in [0.29, 0.717) is 0 Å². The molecule has 0 amide bonds. The Hall–Kier alpha value is -2.31. The van der Waals surface area contributed by atoms with Crippen LogP contribution in [0.4, 0.5) is 0 Å². The Morgan fingerprint density at radius 3 is 2.62 bits per heavy atom. The van der Waals surface area contributed by atoms with Crippen molar-refractivity contribution in [3.8, 4) is 11.5 Å². The fourth-order valence-electron chi connectivity index (χ4n) is 4.27. The minimum absolute atomic E-state index is 0.0317. The van der Waals surface area contributed by atoms with Crippen molar-refractivity contribution in [3.05, 3.63) is 59.2 Å². The van der Waals surface area contributed by atoms with Crippen LogP contribution in [0, 0.1) is 0 Å². The first-order valence-electron chi connectivity index (χ1n) is 10.2. The highest BCUT2D eigenvalue weighted by Gasteiger charge is 2.32. The average molecular weight is 413 g/mol. The van der Waals surface area contributed by atoms with E-state index < -0.39 is 0 Å². The number of ether oxygens (including phenoxy) is 3. The van der Waals surface area contributed by atoms with Gasteiger partial charge in [0.05, 0.1) is 26.4 Å². The lowest BCUT2D eigenvalue weighted by Crippen LogP contribution is -2.47. The summed E-state index contributed by atoms with van der Waals surface area (Å²) in [5.74, 6) is 1.51. The van der Waals surface area contributed by atoms with Gasteiger partial charge in [0.2, 0.25) is 0 Å². The Morgan fingerprint density at radius 1 is 1.17 bits per heavy atom. The van der Waals surface area contributed by atoms with Gasteiger partial charge in [-0.15, -0.1) is 0 Å². The molecular weight excluding hydrogens is 384 g/mol. The zero-order chi connectivity index (χ0) is 20.2. The van der Waals surface area contributed by atoms with Crippen molar-refractivity contribution in [1.29, 1.82) is 0 Å². The van der Waals surface area contributed by atoms with Gasteiger partial charge in [0.1, 0.15) is 0 Å². The number of hydrogen-bond acceptors (Lipinski definition) is 4. The fraction of sp³-hybridized carbons (Fsp3) is 0.435. The van der Waals surface area contributed by atoms with Gasteiger partial charge >= 0.3 is 0 Å². The van der Waals surface area contributed by atoms with Gasteiger partial charge in [0.15, 0.2) is 16.6 Å². The number of fused-ring (bicyclic) bond motifs is 1. The van der Waals surface area contributed by atoms with Crippen molar-refractivity contribution >= 4 is 17.3 Å². The molecule has 2 aromatic carbocycles. The summed E-state index contributed by atoms with van der Waals surface area (Å²) in [6.45, 7) is 2.46. The van der Waals surface area contributed by atoms with Crippen molar-refractivity contribution in [1.82, 2.24) is 10.2 Å². The molecule has 0 radical (unpaired) electrons. The Balaban J connectivity index is 1.66. The van der Waals surface area contributed by atoms with Gasteiger partial charge < -0.3 is 24.4 Å². The van der Waals surface area contributed by atoms with Crippen molar-refractivity contribution < 1.29 is 14.2 Å². The van der Waals surface area contributed by atoms with E-state index in [2.05, 4.69) is 46.6 Å². The molecule has 29 heavy (non-hydrogen) atoms. The quantitative estimate of drug-likeness (QED) is 0.756. The van der Waals surface area contributed by atoms with Crippen LogP contribution in [-0.2, 0) is 11.2 Å². The van der Waals surface area contributed by atoms with Gasteiger partial charge in [0, 0.05) is 19.7 Å². The summed E-state index contributed by atoms with van der Waals surface area (Å²) in [7, 11) is 3.36. The summed E-state index contributed by atoms with van der Waals surface area (Å²) >= 11 is 5.83. The second-order valence-electron chi connectivity index (χ2n) is 7.48. The molecule has 2 aromatic rings. The molecule has 4 rings (SSSR count). The third kappa shape index (κ3) is 4.19. The normalized spacial score (nSPS) is 20.8. The minimum atomic E-state index is 0.0317. The lowest BCUT2D eigenvalue weighted by atomic mass is 9.88. The molecule has 0 aliphatic carbocycles. The monoisotopic (exact) mass is 412 g/mol. The number of rotatable bonds is 5. The SMILES string of the molecule is COc1cc2c(cc1OC)C(c1ccccc1)N(C(=S)NCC1CCCO1)CC2. The molecule has 2 aliphatic heterocycles. The highest BCUT2D eigenvalue weighted by molar-refractivity contribution is 7.80. The number of methoxy groups -OCH3 is 2. The topological polar surface area (TPSA) is 43.0 Å². The number of thiocarbonyl (C=S) groups is 1. The second-order valence-corrected chi connectivity index (χ2v) is 7.87. The summed E-state index contributed by atoms with van der Waals surface area (Å²) in [6.07, 6.45) is 3.38. The Labute approximate surface area is 178 Å². The van der Waals surface area contributed by atoms with Crippen LogP contribution in [0.2, 0.25) is 0 Å². The predicted molar refractivity (Wildman–Crippen MR) is 118 cm³/mol. The van der Waals surface area contributed by atoms with E-state index >= 15 is 0 Å². The molecule has 2 heterocycles. The van der Waals surface area contributed by atoms with E-state index in [1.807, 2.05) is 6.07 Å². The molecule has 154 valence electrons. The largest absolute Gasteiger partial charge is 0.493 e. The van der Waals surface area contributed by atoms with Crippen molar-refractivity contribution in [2.45, 2.75) is 31.4 Å². The predicted octanol–water partition coefficient (Wildman–Crippen LogP) is 3.70. The van der Waals surface area contributed by atoms with Crippen LogP contribution in [-0.4, -0.2) is 50.0 Å². The zero-order valence-corrected chi connectivity index (χ0v) is 17.8. The fourth-order valence-corrected chi connectivity index (χ4v) is 4.55. The first kappa shape index (κ1) is 20.0. The van der Waals surface area contributed by atoms with E-state index in [1.165, 1.54) is 16.7 Å². The van der Waals surface area contributed by atoms with Crippen molar-refractivity contribution in [2.24, 2.45) is 0 Å². The molecule has 2 unspecified atom stereocenters. The molecule has 1 saturated heterocycles. The van der Waals surface area contributed by atoms with Crippen molar-refractivity contribution in [3.63, 3.8) is 0 Å². The number of hydrogen-bond donors (Lipinski definition) is 1. The lowest BCUT2D eigenvalue weighted by Gasteiger charge is -2.40. The van der Waals surface area contributed by atoms with Crippen LogP contribution < -0.4 is 14.8 Å². The summed E-state index contributed by atoms with van der Waals surface area (Å²) in [6, 6.07) is 14.7. The summed E-state index contributed by atoms with van der Waals surface area (Å²) in [5, 5.41) is 4.23. The van der Waals surface area contributed by atoms with Crippen LogP contribution in [0.1, 0.15) is 35.6 Å². The first-order chi connectivity index (χ1) is 14.2. The molecule has 2 atom stereocenters. The highest BCUT2D eigenvalue weighted by atomic mass is 32.1. The van der Waals surface area contributed by atoms with E-state index in [1.54, 1.807) is 14.2 Å². The first-order valence-corrected chi connectivity index (χ1v) is 10.6. The molecule has 0 bridgehead atoms. The highest BCUT2D eigenvalue weighted by Crippen LogP contribution is 2.41. The van der Waals surface area contributed by atoms with Crippen LogP contribution >= 0.6 is 12.2 Å². The number of nitrogens with zero attached hydrogens (tertiary/aromatic N) is 1. The Morgan fingerprint density at radius 2 is 1.93 bits per heavy atom. The Kier molecular flexibility index (Phi) is 6.21. The maximum atomic E-state index is 5.83. The lowest BCUT2D eigenvalue weighted by molar-refractivity contribution is 0.113. The van der Waals surface area contributed by atoms with Crippen LogP contribution in [0.5, 0.6) is 11.5 Å². The summed E-state index contributed by atoms with van der Waals surface area (Å²) in [4.78, 5) is 2.29. The minimum Gasteiger partial charge on any atom is -0.493 e. The molecule has 0 spiro atoms. The van der Waals surface area contributed by atoms with Gasteiger partial charge in [-0.3, -0.25) is 0 Å². The van der Waals surface area contributed by atoms with Crippen LogP contribution in [0.3, 0.4) is 0 Å². The van der Waals surface area contributed by atoms with Crippen LogP contribution in [0.25, 0.3) is 0 Å². The van der Waals surface area contributed by atoms with E-state index in [-0.39, 0.29) is 12.1 Å². The maximum absolute atomic E-state index is 5.83. The third-order valence-electron chi connectivity index (χ3n) is 5.75. The molecule has 5 nitrogen and oxygen atoms in total. The molecular formula is C23H28N2O3S. The standard InChI is InChI=1S/C23H28N2O3S/c1-26-20-13-17-10-11-25(23(29)24-15-18-9-6-12-28-18)22(16-7-4-3-5-8-16)19(17)14-21(20)27-2/h3-5,7-8,13-14,18,22H,6,9-12,15H2,1-2H3,(H,24,29). The zero-order valence-electron chi connectivity index (χ0n) is 17.0. The van der Waals surface area contributed by atoms with E-state index in [4.69, 9.17) is 26.4 Å².